The highest BCUT2D eigenvalue weighted by Crippen LogP contribution is 2.27. The topological polar surface area (TPSA) is 71.3 Å². The monoisotopic (exact) mass is 366 g/mol. The van der Waals surface area contributed by atoms with E-state index >= 15 is 0 Å². The summed E-state index contributed by atoms with van der Waals surface area (Å²) in [5.41, 5.74) is 1.77. The van der Waals surface area contributed by atoms with Gasteiger partial charge in [0.25, 0.3) is 0 Å². The minimum absolute atomic E-state index is 0.0314. The Kier molecular flexibility index (Phi) is 4.93. The highest BCUT2D eigenvalue weighted by molar-refractivity contribution is 5.77. The summed E-state index contributed by atoms with van der Waals surface area (Å²) in [6, 6.07) is 15.8. The normalized spacial score (nSPS) is 18.1. The summed E-state index contributed by atoms with van der Waals surface area (Å²) in [6.45, 7) is 1.68. The smallest absolute Gasteiger partial charge is 0.241 e. The molecule has 2 heterocycles. The van der Waals surface area contributed by atoms with Gasteiger partial charge in [0.05, 0.1) is 6.54 Å². The van der Waals surface area contributed by atoms with Crippen molar-refractivity contribution in [2.75, 3.05) is 13.1 Å². The lowest BCUT2D eigenvalue weighted by molar-refractivity contribution is -0.121. The van der Waals surface area contributed by atoms with Crippen molar-refractivity contribution < 1.29 is 13.7 Å². The Morgan fingerprint density at radius 3 is 2.70 bits per heavy atom. The molecule has 0 saturated carbocycles. The van der Waals surface area contributed by atoms with Crippen LogP contribution in [-0.2, 0) is 11.3 Å². The number of benzene rings is 2. The number of nitrogens with zero attached hydrogens (tertiary/aromatic N) is 3. The maximum atomic E-state index is 13.1. The quantitative estimate of drug-likeness (QED) is 0.769. The van der Waals surface area contributed by atoms with Crippen LogP contribution in [0.25, 0.3) is 11.4 Å². The number of rotatable bonds is 4. The van der Waals surface area contributed by atoms with Gasteiger partial charge in [-0.05, 0) is 29.8 Å². The fraction of sp³-hybridized carbons (Fsp3) is 0.250. The Morgan fingerprint density at radius 1 is 1.15 bits per heavy atom. The number of hydrogen-bond donors (Lipinski definition) is 1. The van der Waals surface area contributed by atoms with Crippen molar-refractivity contribution in [1.29, 1.82) is 0 Å². The first-order valence-corrected chi connectivity index (χ1v) is 8.83. The van der Waals surface area contributed by atoms with Crippen LogP contribution < -0.4 is 5.32 Å². The molecule has 27 heavy (non-hydrogen) atoms. The SMILES string of the molecule is O=C1CC(c2ccccc2)N(Cc2nc(-c3ccc(F)cc3)no2)CCN1. The average Bonchev–Trinajstić information content (AvgIpc) is 3.07. The predicted molar refractivity (Wildman–Crippen MR) is 96.9 cm³/mol. The molecule has 1 unspecified atom stereocenters. The van der Waals surface area contributed by atoms with Crippen molar-refractivity contribution in [3.8, 4) is 11.4 Å². The van der Waals surface area contributed by atoms with Crippen molar-refractivity contribution in [2.24, 2.45) is 0 Å². The molecule has 0 aliphatic carbocycles. The Bertz CT molecular complexity index is 911. The van der Waals surface area contributed by atoms with Crippen molar-refractivity contribution in [3.05, 3.63) is 71.9 Å². The van der Waals surface area contributed by atoms with Gasteiger partial charge in [0, 0.05) is 31.1 Å². The van der Waals surface area contributed by atoms with Crippen LogP contribution in [0.4, 0.5) is 4.39 Å². The van der Waals surface area contributed by atoms with E-state index in [2.05, 4.69) is 20.4 Å². The number of halogens is 1. The largest absolute Gasteiger partial charge is 0.355 e. The highest BCUT2D eigenvalue weighted by atomic mass is 19.1. The molecule has 2 aromatic carbocycles. The third kappa shape index (κ3) is 4.03. The Hall–Kier alpha value is -3.06. The van der Waals surface area contributed by atoms with Crippen LogP contribution in [0.5, 0.6) is 0 Å². The minimum Gasteiger partial charge on any atom is -0.355 e. The third-order valence-electron chi connectivity index (χ3n) is 4.63. The van der Waals surface area contributed by atoms with Crippen molar-refractivity contribution in [2.45, 2.75) is 19.0 Å². The molecule has 1 saturated heterocycles. The van der Waals surface area contributed by atoms with Crippen molar-refractivity contribution in [1.82, 2.24) is 20.4 Å². The van der Waals surface area contributed by atoms with Gasteiger partial charge in [-0.25, -0.2) is 4.39 Å². The van der Waals surface area contributed by atoms with E-state index in [1.807, 2.05) is 30.3 Å². The summed E-state index contributed by atoms with van der Waals surface area (Å²) in [5, 5.41) is 6.91. The lowest BCUT2D eigenvalue weighted by Crippen LogP contribution is -2.30. The van der Waals surface area contributed by atoms with Crippen LogP contribution in [0.1, 0.15) is 23.9 Å². The molecule has 0 bridgehead atoms. The molecule has 1 amide bonds. The number of carbonyl (C=O) groups excluding carboxylic acids is 1. The minimum atomic E-state index is -0.310. The van der Waals surface area contributed by atoms with Gasteiger partial charge in [-0.2, -0.15) is 4.98 Å². The molecular weight excluding hydrogens is 347 g/mol. The zero-order valence-electron chi connectivity index (χ0n) is 14.6. The number of nitrogens with one attached hydrogen (secondary N) is 1. The van der Waals surface area contributed by atoms with E-state index < -0.39 is 0 Å². The molecule has 0 spiro atoms. The lowest BCUT2D eigenvalue weighted by Gasteiger charge is -2.27. The molecule has 4 rings (SSSR count). The van der Waals surface area contributed by atoms with E-state index in [-0.39, 0.29) is 17.8 Å². The maximum absolute atomic E-state index is 13.1. The van der Waals surface area contributed by atoms with Gasteiger partial charge >= 0.3 is 0 Å². The summed E-state index contributed by atoms with van der Waals surface area (Å²) in [4.78, 5) is 18.7. The van der Waals surface area contributed by atoms with Crippen molar-refractivity contribution >= 4 is 5.91 Å². The fourth-order valence-corrected chi connectivity index (χ4v) is 3.27. The summed E-state index contributed by atoms with van der Waals surface area (Å²) in [6.07, 6.45) is 0.378. The van der Waals surface area contributed by atoms with Crippen LogP contribution in [0.2, 0.25) is 0 Å². The number of hydrogen-bond acceptors (Lipinski definition) is 5. The van der Waals surface area contributed by atoms with Gasteiger partial charge in [0.1, 0.15) is 5.82 Å². The number of amides is 1. The van der Waals surface area contributed by atoms with Crippen molar-refractivity contribution in [3.63, 3.8) is 0 Å². The van der Waals surface area contributed by atoms with Crippen LogP contribution in [0.15, 0.2) is 59.1 Å². The van der Waals surface area contributed by atoms with E-state index in [4.69, 9.17) is 4.52 Å². The van der Waals surface area contributed by atoms with E-state index in [1.165, 1.54) is 12.1 Å². The fourth-order valence-electron chi connectivity index (χ4n) is 3.27. The van der Waals surface area contributed by atoms with E-state index in [9.17, 15) is 9.18 Å². The summed E-state index contributed by atoms with van der Waals surface area (Å²) < 4.78 is 18.5. The Labute approximate surface area is 156 Å². The molecule has 6 nitrogen and oxygen atoms in total. The van der Waals surface area contributed by atoms with Crippen LogP contribution >= 0.6 is 0 Å². The molecule has 0 radical (unpaired) electrons. The van der Waals surface area contributed by atoms with E-state index in [1.54, 1.807) is 12.1 Å². The van der Waals surface area contributed by atoms with Gasteiger partial charge in [0.2, 0.25) is 17.6 Å². The number of carbonyl (C=O) groups is 1. The first kappa shape index (κ1) is 17.4. The second-order valence-corrected chi connectivity index (χ2v) is 6.47. The summed E-state index contributed by atoms with van der Waals surface area (Å²) in [5.74, 6) is 0.605. The maximum Gasteiger partial charge on any atom is 0.241 e. The molecule has 1 aliphatic rings. The Balaban J connectivity index is 1.56. The summed E-state index contributed by atoms with van der Waals surface area (Å²) >= 11 is 0. The van der Waals surface area contributed by atoms with E-state index in [0.29, 0.717) is 43.3 Å². The molecule has 1 aromatic heterocycles. The van der Waals surface area contributed by atoms with Gasteiger partial charge in [-0.15, -0.1) is 0 Å². The molecule has 1 N–H and O–H groups in total. The second kappa shape index (κ2) is 7.67. The molecule has 1 atom stereocenters. The van der Waals surface area contributed by atoms with Crippen LogP contribution in [0, 0.1) is 5.82 Å². The van der Waals surface area contributed by atoms with Gasteiger partial charge in [0.15, 0.2) is 0 Å². The lowest BCUT2D eigenvalue weighted by atomic mass is 10.0. The van der Waals surface area contributed by atoms with Gasteiger partial charge in [-0.3, -0.25) is 9.69 Å². The molecule has 1 fully saturated rings. The van der Waals surface area contributed by atoms with Gasteiger partial charge in [-0.1, -0.05) is 35.5 Å². The highest BCUT2D eigenvalue weighted by Gasteiger charge is 2.27. The molecule has 1 aliphatic heterocycles. The molecular formula is C20H19FN4O2. The summed E-state index contributed by atoms with van der Waals surface area (Å²) in [7, 11) is 0. The second-order valence-electron chi connectivity index (χ2n) is 6.47. The zero-order valence-corrected chi connectivity index (χ0v) is 14.6. The van der Waals surface area contributed by atoms with Crippen LogP contribution in [-0.4, -0.2) is 34.0 Å². The van der Waals surface area contributed by atoms with Crippen LogP contribution in [0.3, 0.4) is 0 Å². The van der Waals surface area contributed by atoms with E-state index in [0.717, 1.165) is 5.56 Å². The molecule has 138 valence electrons. The average molecular weight is 366 g/mol. The third-order valence-corrected chi connectivity index (χ3v) is 4.63. The zero-order chi connectivity index (χ0) is 18.6. The molecule has 3 aromatic rings. The molecule has 7 heteroatoms. The predicted octanol–water partition coefficient (Wildman–Crippen LogP) is 2.94. The van der Waals surface area contributed by atoms with Gasteiger partial charge < -0.3 is 9.84 Å². The first-order chi connectivity index (χ1) is 13.2. The number of aromatic nitrogens is 2. The standard InChI is InChI=1S/C20H19FN4O2/c21-16-8-6-15(7-9-16)20-23-19(27-24-20)13-25-11-10-22-18(26)12-17(25)14-4-2-1-3-5-14/h1-9,17H,10-13H2,(H,22,26). The Morgan fingerprint density at radius 2 is 1.93 bits per heavy atom. The first-order valence-electron chi connectivity index (χ1n) is 8.83.